The highest BCUT2D eigenvalue weighted by molar-refractivity contribution is 14.1. The minimum atomic E-state index is 0.645. The van der Waals surface area contributed by atoms with Crippen molar-refractivity contribution in [3.63, 3.8) is 0 Å². The van der Waals surface area contributed by atoms with E-state index in [9.17, 15) is 0 Å². The van der Waals surface area contributed by atoms with Crippen molar-refractivity contribution in [2.75, 3.05) is 7.05 Å². The van der Waals surface area contributed by atoms with E-state index in [4.69, 9.17) is 4.74 Å². The summed E-state index contributed by atoms with van der Waals surface area (Å²) in [5.74, 6) is 0.933. The van der Waals surface area contributed by atoms with Crippen LogP contribution in [0.2, 0.25) is 0 Å². The van der Waals surface area contributed by atoms with Crippen LogP contribution in [0.5, 0.6) is 5.75 Å². The SMILES string of the molecule is CNCc1cc(COc2cccc(I)c2)c(C)s1. The van der Waals surface area contributed by atoms with Crippen molar-refractivity contribution in [1.82, 2.24) is 5.32 Å². The Bertz CT molecular complexity index is 524. The average Bonchev–Trinajstić information content (AvgIpc) is 2.68. The van der Waals surface area contributed by atoms with Crippen LogP contribution >= 0.6 is 33.9 Å². The van der Waals surface area contributed by atoms with Crippen LogP contribution < -0.4 is 10.1 Å². The number of halogens is 1. The second-order valence-corrected chi connectivity index (χ2v) is 6.66. The number of thiophene rings is 1. The number of aryl methyl sites for hydroxylation is 1. The quantitative estimate of drug-likeness (QED) is 0.802. The predicted octanol–water partition coefficient (Wildman–Crippen LogP) is 3.96. The van der Waals surface area contributed by atoms with E-state index in [1.165, 1.54) is 18.9 Å². The highest BCUT2D eigenvalue weighted by atomic mass is 127. The van der Waals surface area contributed by atoms with Crippen LogP contribution in [0.25, 0.3) is 0 Å². The molecule has 2 rings (SSSR count). The van der Waals surface area contributed by atoms with Crippen LogP contribution in [0.1, 0.15) is 15.3 Å². The Morgan fingerprint density at radius 3 is 2.89 bits per heavy atom. The minimum Gasteiger partial charge on any atom is -0.489 e. The summed E-state index contributed by atoms with van der Waals surface area (Å²) in [6.45, 7) is 3.72. The Balaban J connectivity index is 2.01. The molecule has 2 aromatic rings. The molecule has 2 nitrogen and oxygen atoms in total. The zero-order chi connectivity index (χ0) is 13.0. The molecule has 0 fully saturated rings. The molecule has 0 unspecified atom stereocenters. The molecule has 0 radical (unpaired) electrons. The largest absolute Gasteiger partial charge is 0.489 e. The standard InChI is InChI=1S/C14H16INOS/c1-10-11(6-14(18-10)8-16-2)9-17-13-5-3-4-12(15)7-13/h3-7,16H,8-9H2,1-2H3. The topological polar surface area (TPSA) is 21.3 Å². The van der Waals surface area contributed by atoms with Gasteiger partial charge < -0.3 is 10.1 Å². The molecule has 0 saturated carbocycles. The molecule has 0 atom stereocenters. The zero-order valence-electron chi connectivity index (χ0n) is 10.5. The molecule has 1 N–H and O–H groups in total. The van der Waals surface area contributed by atoms with Crippen LogP contribution in [-0.2, 0) is 13.2 Å². The maximum absolute atomic E-state index is 5.83. The molecule has 0 spiro atoms. The Morgan fingerprint density at radius 2 is 2.17 bits per heavy atom. The fourth-order valence-corrected chi connectivity index (χ4v) is 3.28. The Kier molecular flexibility index (Phi) is 5.03. The van der Waals surface area contributed by atoms with Crippen LogP contribution in [0, 0.1) is 10.5 Å². The number of hydrogen-bond acceptors (Lipinski definition) is 3. The summed E-state index contributed by atoms with van der Waals surface area (Å²) in [5.41, 5.74) is 1.28. The van der Waals surface area contributed by atoms with Gasteiger partial charge in [0.25, 0.3) is 0 Å². The predicted molar refractivity (Wildman–Crippen MR) is 85.3 cm³/mol. The third-order valence-corrected chi connectivity index (χ3v) is 4.38. The molecule has 1 heterocycles. The smallest absolute Gasteiger partial charge is 0.120 e. The minimum absolute atomic E-state index is 0.645. The van der Waals surface area contributed by atoms with Crippen molar-refractivity contribution < 1.29 is 4.74 Å². The molecule has 0 bridgehead atoms. The van der Waals surface area contributed by atoms with Gasteiger partial charge >= 0.3 is 0 Å². The molecule has 0 aliphatic heterocycles. The van der Waals surface area contributed by atoms with Crippen molar-refractivity contribution in [1.29, 1.82) is 0 Å². The van der Waals surface area contributed by atoms with Gasteiger partial charge in [0.05, 0.1) is 0 Å². The third kappa shape index (κ3) is 3.70. The van der Waals surface area contributed by atoms with E-state index in [2.05, 4.69) is 53.0 Å². The second-order valence-electron chi connectivity index (χ2n) is 4.07. The van der Waals surface area contributed by atoms with Crippen molar-refractivity contribution in [3.8, 4) is 5.75 Å². The fourth-order valence-electron chi connectivity index (χ4n) is 1.71. The highest BCUT2D eigenvalue weighted by Gasteiger charge is 2.06. The molecule has 0 aliphatic rings. The molecule has 1 aromatic heterocycles. The maximum atomic E-state index is 5.83. The Hall–Kier alpha value is -0.590. The lowest BCUT2D eigenvalue weighted by Gasteiger charge is -2.05. The number of nitrogens with one attached hydrogen (secondary N) is 1. The normalized spacial score (nSPS) is 10.6. The van der Waals surface area contributed by atoms with Gasteiger partial charge in [-0.1, -0.05) is 6.07 Å². The molecule has 0 aliphatic carbocycles. The Morgan fingerprint density at radius 1 is 1.33 bits per heavy atom. The van der Waals surface area contributed by atoms with Crippen LogP contribution in [0.3, 0.4) is 0 Å². The Labute approximate surface area is 126 Å². The zero-order valence-corrected chi connectivity index (χ0v) is 13.5. The number of benzene rings is 1. The number of ether oxygens (including phenoxy) is 1. The molecule has 0 saturated heterocycles. The highest BCUT2D eigenvalue weighted by Crippen LogP contribution is 2.23. The summed E-state index contributed by atoms with van der Waals surface area (Å²) in [6, 6.07) is 10.4. The van der Waals surface area contributed by atoms with E-state index in [1.54, 1.807) is 0 Å². The maximum Gasteiger partial charge on any atom is 0.120 e. The first-order valence-corrected chi connectivity index (χ1v) is 7.69. The van der Waals surface area contributed by atoms with Gasteiger partial charge in [0.2, 0.25) is 0 Å². The summed E-state index contributed by atoms with van der Waals surface area (Å²) in [4.78, 5) is 2.70. The molecule has 18 heavy (non-hydrogen) atoms. The molecule has 1 aromatic carbocycles. The average molecular weight is 373 g/mol. The molecular weight excluding hydrogens is 357 g/mol. The monoisotopic (exact) mass is 373 g/mol. The van der Waals surface area contributed by atoms with Gasteiger partial charge in [-0.2, -0.15) is 0 Å². The third-order valence-electron chi connectivity index (χ3n) is 2.61. The van der Waals surface area contributed by atoms with E-state index in [0.717, 1.165) is 12.3 Å². The lowest BCUT2D eigenvalue weighted by Crippen LogP contribution is -2.02. The fraction of sp³-hybridized carbons (Fsp3) is 0.286. The van der Waals surface area contributed by atoms with E-state index in [0.29, 0.717) is 6.61 Å². The summed E-state index contributed by atoms with van der Waals surface area (Å²) >= 11 is 4.13. The van der Waals surface area contributed by atoms with Crippen molar-refractivity contribution in [2.45, 2.75) is 20.1 Å². The van der Waals surface area contributed by atoms with E-state index in [1.807, 2.05) is 30.5 Å². The first kappa shape index (κ1) is 13.8. The summed E-state index contributed by atoms with van der Waals surface area (Å²) in [6.07, 6.45) is 0. The van der Waals surface area contributed by atoms with E-state index in [-0.39, 0.29) is 0 Å². The van der Waals surface area contributed by atoms with Crippen molar-refractivity contribution in [2.24, 2.45) is 0 Å². The summed E-state index contributed by atoms with van der Waals surface area (Å²) in [7, 11) is 1.97. The molecule has 96 valence electrons. The molecule has 0 amide bonds. The van der Waals surface area contributed by atoms with Gasteiger partial charge in [0.1, 0.15) is 12.4 Å². The number of rotatable bonds is 5. The van der Waals surface area contributed by atoms with Crippen LogP contribution in [0.15, 0.2) is 30.3 Å². The lowest BCUT2D eigenvalue weighted by atomic mass is 10.2. The van der Waals surface area contributed by atoms with Crippen molar-refractivity contribution >= 4 is 33.9 Å². The molecular formula is C14H16INOS. The first-order valence-electron chi connectivity index (χ1n) is 5.80. The first-order chi connectivity index (χ1) is 8.69. The van der Waals surface area contributed by atoms with E-state index >= 15 is 0 Å². The van der Waals surface area contributed by atoms with Gasteiger partial charge in [0, 0.05) is 25.4 Å². The van der Waals surface area contributed by atoms with Gasteiger partial charge in [-0.05, 0) is 60.8 Å². The van der Waals surface area contributed by atoms with Crippen LogP contribution in [-0.4, -0.2) is 7.05 Å². The van der Waals surface area contributed by atoms with Gasteiger partial charge in [-0.25, -0.2) is 0 Å². The lowest BCUT2D eigenvalue weighted by molar-refractivity contribution is 0.306. The molecule has 4 heteroatoms. The van der Waals surface area contributed by atoms with Gasteiger partial charge in [-0.3, -0.25) is 0 Å². The number of hydrogen-bond donors (Lipinski definition) is 1. The van der Waals surface area contributed by atoms with Gasteiger partial charge in [-0.15, -0.1) is 11.3 Å². The second kappa shape index (κ2) is 6.54. The van der Waals surface area contributed by atoms with Crippen molar-refractivity contribution in [3.05, 3.63) is 49.2 Å². The summed E-state index contributed by atoms with van der Waals surface area (Å²) < 4.78 is 7.02. The van der Waals surface area contributed by atoms with Gasteiger partial charge in [0.15, 0.2) is 0 Å². The summed E-state index contributed by atoms with van der Waals surface area (Å²) in [5, 5.41) is 3.17. The van der Waals surface area contributed by atoms with Crippen LogP contribution in [0.4, 0.5) is 0 Å². The van der Waals surface area contributed by atoms with E-state index < -0.39 is 0 Å².